The standard InChI is InChI=1S/C15H16Cl2N2O4S.ClH/c1-2-23-15(22)11(18)7-24-12-6-13(20)19(14(12)21)8-3-4-9(16)10(17)5-8;/h3-5,11-12H,2,6-7,18H2,1H3;1H. The van der Waals surface area contributed by atoms with Gasteiger partial charge in [0, 0.05) is 12.2 Å². The summed E-state index contributed by atoms with van der Waals surface area (Å²) in [5.74, 6) is -1.03. The maximum atomic E-state index is 12.5. The number of ether oxygens (including phenoxy) is 1. The van der Waals surface area contributed by atoms with E-state index in [1.807, 2.05) is 0 Å². The summed E-state index contributed by atoms with van der Waals surface area (Å²) in [7, 11) is 0. The van der Waals surface area contributed by atoms with Crippen molar-refractivity contribution in [2.45, 2.75) is 24.6 Å². The largest absolute Gasteiger partial charge is 0.465 e. The summed E-state index contributed by atoms with van der Waals surface area (Å²) < 4.78 is 4.81. The van der Waals surface area contributed by atoms with Crippen LogP contribution < -0.4 is 10.6 Å². The average Bonchev–Trinajstić information content (AvgIpc) is 2.82. The number of esters is 1. The first-order valence-electron chi connectivity index (χ1n) is 7.20. The average molecular weight is 428 g/mol. The van der Waals surface area contributed by atoms with Crippen molar-refractivity contribution in [2.24, 2.45) is 5.73 Å². The number of hydrogen-bond donors (Lipinski definition) is 1. The van der Waals surface area contributed by atoms with E-state index in [2.05, 4.69) is 0 Å². The molecule has 2 unspecified atom stereocenters. The number of carbonyl (C=O) groups is 3. The van der Waals surface area contributed by atoms with Crippen LogP contribution in [0.3, 0.4) is 0 Å². The summed E-state index contributed by atoms with van der Waals surface area (Å²) in [6.07, 6.45) is 0.0410. The molecule has 2 amide bonds. The normalized spacial score (nSPS) is 18.1. The van der Waals surface area contributed by atoms with Gasteiger partial charge in [0.1, 0.15) is 6.04 Å². The Bertz CT molecular complexity index is 674. The predicted octanol–water partition coefficient (Wildman–Crippen LogP) is 2.67. The van der Waals surface area contributed by atoms with Crippen LogP contribution in [0.4, 0.5) is 5.69 Å². The maximum absolute atomic E-state index is 12.5. The van der Waals surface area contributed by atoms with Crippen molar-refractivity contribution in [1.29, 1.82) is 0 Å². The Morgan fingerprint density at radius 3 is 2.68 bits per heavy atom. The van der Waals surface area contributed by atoms with Gasteiger partial charge in [-0.15, -0.1) is 24.2 Å². The van der Waals surface area contributed by atoms with E-state index in [1.165, 1.54) is 23.9 Å². The zero-order valence-corrected chi connectivity index (χ0v) is 16.4. The van der Waals surface area contributed by atoms with Crippen LogP contribution >= 0.6 is 47.4 Å². The van der Waals surface area contributed by atoms with Gasteiger partial charge in [-0.1, -0.05) is 23.2 Å². The van der Waals surface area contributed by atoms with Crippen LogP contribution in [-0.2, 0) is 19.1 Å². The Balaban J connectivity index is 0.00000312. The zero-order chi connectivity index (χ0) is 17.9. The second-order valence-corrected chi connectivity index (χ2v) is 7.10. The molecule has 1 aromatic carbocycles. The predicted molar refractivity (Wildman–Crippen MR) is 102 cm³/mol. The number of nitrogens with two attached hydrogens (primary N) is 1. The lowest BCUT2D eigenvalue weighted by atomic mass is 10.3. The van der Waals surface area contributed by atoms with Crippen LogP contribution in [-0.4, -0.2) is 41.4 Å². The van der Waals surface area contributed by atoms with Gasteiger partial charge < -0.3 is 10.5 Å². The molecule has 1 aliphatic heterocycles. The summed E-state index contributed by atoms with van der Waals surface area (Å²) in [5.41, 5.74) is 6.08. The number of halogens is 3. The maximum Gasteiger partial charge on any atom is 0.323 e. The third-order valence-corrected chi connectivity index (χ3v) is 5.39. The highest BCUT2D eigenvalue weighted by molar-refractivity contribution is 8.00. The highest BCUT2D eigenvalue weighted by Gasteiger charge is 2.40. The highest BCUT2D eigenvalue weighted by Crippen LogP contribution is 2.33. The zero-order valence-electron chi connectivity index (χ0n) is 13.2. The molecule has 6 nitrogen and oxygen atoms in total. The first-order chi connectivity index (χ1) is 11.3. The van der Waals surface area contributed by atoms with E-state index < -0.39 is 17.3 Å². The Morgan fingerprint density at radius 2 is 2.08 bits per heavy atom. The quantitative estimate of drug-likeness (QED) is 0.554. The molecule has 10 heteroatoms. The first-order valence-corrected chi connectivity index (χ1v) is 9.01. The lowest BCUT2D eigenvalue weighted by Crippen LogP contribution is -2.36. The molecule has 0 bridgehead atoms. The van der Waals surface area contributed by atoms with E-state index >= 15 is 0 Å². The monoisotopic (exact) mass is 426 g/mol. The van der Waals surface area contributed by atoms with Crippen molar-refractivity contribution in [1.82, 2.24) is 0 Å². The third kappa shape index (κ3) is 5.24. The number of nitrogens with zero attached hydrogens (tertiary/aromatic N) is 1. The highest BCUT2D eigenvalue weighted by atomic mass is 35.5. The van der Waals surface area contributed by atoms with Gasteiger partial charge in [-0.05, 0) is 25.1 Å². The number of thioether (sulfide) groups is 1. The lowest BCUT2D eigenvalue weighted by Gasteiger charge is -2.16. The van der Waals surface area contributed by atoms with Gasteiger partial charge in [0.05, 0.1) is 27.6 Å². The van der Waals surface area contributed by atoms with Gasteiger partial charge in [0.25, 0.3) is 0 Å². The van der Waals surface area contributed by atoms with Gasteiger partial charge in [-0.25, -0.2) is 4.90 Å². The van der Waals surface area contributed by atoms with Gasteiger partial charge in [-0.2, -0.15) is 0 Å². The van der Waals surface area contributed by atoms with Gasteiger partial charge in [-0.3, -0.25) is 14.4 Å². The van der Waals surface area contributed by atoms with Crippen molar-refractivity contribution in [3.63, 3.8) is 0 Å². The Labute approximate surface area is 165 Å². The number of carbonyl (C=O) groups excluding carboxylic acids is 3. The molecule has 138 valence electrons. The van der Waals surface area contributed by atoms with Crippen molar-refractivity contribution in [3.8, 4) is 0 Å². The van der Waals surface area contributed by atoms with E-state index in [0.29, 0.717) is 10.7 Å². The molecule has 1 heterocycles. The molecular weight excluding hydrogens is 411 g/mol. The Kier molecular flexibility index (Phi) is 8.50. The molecule has 0 spiro atoms. The Morgan fingerprint density at radius 1 is 1.40 bits per heavy atom. The lowest BCUT2D eigenvalue weighted by molar-refractivity contribution is -0.144. The number of benzene rings is 1. The molecule has 0 radical (unpaired) electrons. The number of rotatable bonds is 6. The number of amides is 2. The topological polar surface area (TPSA) is 89.7 Å². The fraction of sp³-hybridized carbons (Fsp3) is 0.400. The Hall–Kier alpha value is -0.990. The fourth-order valence-electron chi connectivity index (χ4n) is 2.17. The molecular formula is C15H17Cl3N2O4S. The minimum Gasteiger partial charge on any atom is -0.465 e. The molecule has 2 atom stereocenters. The second kappa shape index (κ2) is 9.64. The number of imide groups is 1. The molecule has 1 saturated heterocycles. The van der Waals surface area contributed by atoms with Crippen LogP contribution in [0.25, 0.3) is 0 Å². The van der Waals surface area contributed by atoms with Crippen molar-refractivity contribution in [3.05, 3.63) is 28.2 Å². The summed E-state index contributed by atoms with van der Waals surface area (Å²) in [5, 5.41) is 0.00785. The second-order valence-electron chi connectivity index (χ2n) is 5.05. The minimum absolute atomic E-state index is 0. The summed E-state index contributed by atoms with van der Waals surface area (Å²) in [6.45, 7) is 1.93. The molecule has 1 fully saturated rings. The SMILES string of the molecule is CCOC(=O)C(N)CSC1CC(=O)N(c2ccc(Cl)c(Cl)c2)C1=O.Cl. The molecule has 0 aliphatic carbocycles. The van der Waals surface area contributed by atoms with E-state index in [9.17, 15) is 14.4 Å². The van der Waals surface area contributed by atoms with Crippen LogP contribution in [0.2, 0.25) is 10.0 Å². The number of anilines is 1. The molecule has 0 saturated carbocycles. The van der Waals surface area contributed by atoms with Crippen LogP contribution in [0.1, 0.15) is 13.3 Å². The van der Waals surface area contributed by atoms with Gasteiger partial charge in [0.15, 0.2) is 0 Å². The van der Waals surface area contributed by atoms with E-state index in [0.717, 1.165) is 4.90 Å². The number of hydrogen-bond acceptors (Lipinski definition) is 6. The summed E-state index contributed by atoms with van der Waals surface area (Å²) in [6, 6.07) is 3.71. The van der Waals surface area contributed by atoms with Crippen LogP contribution in [0.5, 0.6) is 0 Å². The van der Waals surface area contributed by atoms with E-state index in [-0.39, 0.29) is 48.0 Å². The van der Waals surface area contributed by atoms with E-state index in [1.54, 1.807) is 13.0 Å². The molecule has 25 heavy (non-hydrogen) atoms. The summed E-state index contributed by atoms with van der Waals surface area (Å²) in [4.78, 5) is 37.2. The van der Waals surface area contributed by atoms with Gasteiger partial charge in [0.2, 0.25) is 11.8 Å². The fourth-order valence-corrected chi connectivity index (χ4v) is 3.54. The van der Waals surface area contributed by atoms with Gasteiger partial charge >= 0.3 is 5.97 Å². The smallest absolute Gasteiger partial charge is 0.323 e. The molecule has 2 rings (SSSR count). The van der Waals surface area contributed by atoms with Crippen LogP contribution in [0, 0.1) is 0 Å². The molecule has 1 aromatic rings. The third-order valence-electron chi connectivity index (χ3n) is 3.33. The molecule has 0 aromatic heterocycles. The minimum atomic E-state index is -0.836. The van der Waals surface area contributed by atoms with E-state index in [4.69, 9.17) is 33.7 Å². The molecule has 1 aliphatic rings. The van der Waals surface area contributed by atoms with Crippen LogP contribution in [0.15, 0.2) is 18.2 Å². The summed E-state index contributed by atoms with van der Waals surface area (Å²) >= 11 is 13.0. The molecule has 2 N–H and O–H groups in total. The van der Waals surface area contributed by atoms with Crippen molar-refractivity contribution in [2.75, 3.05) is 17.3 Å². The van der Waals surface area contributed by atoms with Crippen molar-refractivity contribution >= 4 is 70.8 Å². The van der Waals surface area contributed by atoms with Crippen molar-refractivity contribution < 1.29 is 19.1 Å². The first kappa shape index (κ1) is 22.1.